The van der Waals surface area contributed by atoms with Crippen LogP contribution in [0.2, 0.25) is 0 Å². The number of aromatic nitrogens is 1. The van der Waals surface area contributed by atoms with Gasteiger partial charge in [0, 0.05) is 11.7 Å². The van der Waals surface area contributed by atoms with E-state index >= 15 is 0 Å². The number of hydrogen-bond donors (Lipinski definition) is 2. The summed E-state index contributed by atoms with van der Waals surface area (Å²) in [6.07, 6.45) is 6.17. The third-order valence-corrected chi connectivity index (χ3v) is 2.46. The van der Waals surface area contributed by atoms with Crippen LogP contribution in [-0.4, -0.2) is 16.5 Å². The Morgan fingerprint density at radius 3 is 2.79 bits per heavy atom. The molecule has 0 aliphatic rings. The molecule has 1 aromatic heterocycles. The number of anilines is 1. The van der Waals surface area contributed by atoms with Gasteiger partial charge in [0.05, 0.1) is 11.9 Å². The van der Waals surface area contributed by atoms with Crippen molar-refractivity contribution in [3.05, 3.63) is 24.5 Å². The summed E-state index contributed by atoms with van der Waals surface area (Å²) in [7, 11) is 0. The molecule has 5 nitrogen and oxygen atoms in total. The highest BCUT2D eigenvalue weighted by molar-refractivity contribution is 5.94. The van der Waals surface area contributed by atoms with E-state index in [1.165, 1.54) is 0 Å². The molecule has 0 bridgehead atoms. The molecule has 0 spiro atoms. The van der Waals surface area contributed by atoms with Gasteiger partial charge in [0.1, 0.15) is 0 Å². The SMILES string of the molecule is CC(C)CC(C)(C)NC(=NC#N)Nc1cccnc1. The fourth-order valence-electron chi connectivity index (χ4n) is 2.10. The summed E-state index contributed by atoms with van der Waals surface area (Å²) in [5, 5.41) is 15.1. The molecule has 0 aliphatic carbocycles. The summed E-state index contributed by atoms with van der Waals surface area (Å²) in [5.41, 5.74) is 0.656. The van der Waals surface area contributed by atoms with Crippen LogP contribution in [-0.2, 0) is 0 Å². The Bertz CT molecular complexity index is 456. The van der Waals surface area contributed by atoms with Crippen LogP contribution in [0.15, 0.2) is 29.5 Å². The Kier molecular flexibility index (Phi) is 5.31. The van der Waals surface area contributed by atoms with Gasteiger partial charge < -0.3 is 10.6 Å². The molecule has 102 valence electrons. The quantitative estimate of drug-likeness (QED) is 0.495. The van der Waals surface area contributed by atoms with Gasteiger partial charge in [0.15, 0.2) is 0 Å². The summed E-state index contributed by atoms with van der Waals surface area (Å²) >= 11 is 0. The average Bonchev–Trinajstić information content (AvgIpc) is 2.28. The summed E-state index contributed by atoms with van der Waals surface area (Å²) in [6.45, 7) is 8.51. The Labute approximate surface area is 114 Å². The third kappa shape index (κ3) is 5.87. The van der Waals surface area contributed by atoms with Gasteiger partial charge in [0.2, 0.25) is 12.2 Å². The monoisotopic (exact) mass is 259 g/mol. The molecule has 0 aromatic carbocycles. The maximum Gasteiger partial charge on any atom is 0.212 e. The number of rotatable bonds is 4. The molecular weight excluding hydrogens is 238 g/mol. The molecule has 0 radical (unpaired) electrons. The van der Waals surface area contributed by atoms with Crippen molar-refractivity contribution in [2.24, 2.45) is 10.9 Å². The summed E-state index contributed by atoms with van der Waals surface area (Å²) in [4.78, 5) is 7.80. The zero-order valence-electron chi connectivity index (χ0n) is 11.9. The molecular formula is C14H21N5. The Morgan fingerprint density at radius 2 is 2.26 bits per heavy atom. The van der Waals surface area contributed by atoms with Crippen molar-refractivity contribution in [3.63, 3.8) is 0 Å². The molecule has 2 N–H and O–H groups in total. The molecule has 5 heteroatoms. The van der Waals surface area contributed by atoms with Crippen LogP contribution in [0.3, 0.4) is 0 Å². The van der Waals surface area contributed by atoms with E-state index in [2.05, 4.69) is 48.3 Å². The normalized spacial score (nSPS) is 12.1. The molecule has 0 fully saturated rings. The zero-order chi connectivity index (χ0) is 14.3. The lowest BCUT2D eigenvalue weighted by Gasteiger charge is -2.29. The molecule has 19 heavy (non-hydrogen) atoms. The number of guanidine groups is 1. The van der Waals surface area contributed by atoms with E-state index in [1.807, 2.05) is 12.1 Å². The number of nitrogens with zero attached hydrogens (tertiary/aromatic N) is 3. The first kappa shape index (κ1) is 15.0. The van der Waals surface area contributed by atoms with E-state index in [4.69, 9.17) is 5.26 Å². The van der Waals surface area contributed by atoms with Gasteiger partial charge in [-0.15, -0.1) is 4.99 Å². The predicted octanol–water partition coefficient (Wildman–Crippen LogP) is 2.74. The molecule has 1 heterocycles. The van der Waals surface area contributed by atoms with E-state index in [-0.39, 0.29) is 5.54 Å². The van der Waals surface area contributed by atoms with Crippen molar-refractivity contribution in [1.29, 1.82) is 5.26 Å². The molecule has 1 rings (SSSR count). The molecule has 0 unspecified atom stereocenters. The number of nitrogens with one attached hydrogen (secondary N) is 2. The minimum absolute atomic E-state index is 0.140. The molecule has 0 saturated carbocycles. The van der Waals surface area contributed by atoms with Crippen LogP contribution in [0.25, 0.3) is 0 Å². The third-order valence-electron chi connectivity index (χ3n) is 2.46. The minimum atomic E-state index is -0.140. The van der Waals surface area contributed by atoms with Crippen LogP contribution in [0.4, 0.5) is 5.69 Å². The van der Waals surface area contributed by atoms with Crippen molar-refractivity contribution < 1.29 is 0 Å². The molecule has 0 aliphatic heterocycles. The lowest BCUT2D eigenvalue weighted by molar-refractivity contribution is 0.364. The highest BCUT2D eigenvalue weighted by Gasteiger charge is 2.20. The first-order chi connectivity index (χ1) is 8.93. The average molecular weight is 259 g/mol. The van der Waals surface area contributed by atoms with Gasteiger partial charge >= 0.3 is 0 Å². The fraction of sp³-hybridized carbons (Fsp3) is 0.500. The van der Waals surface area contributed by atoms with Crippen molar-refractivity contribution in [3.8, 4) is 6.19 Å². The number of hydrogen-bond acceptors (Lipinski definition) is 3. The van der Waals surface area contributed by atoms with Gasteiger partial charge in [-0.1, -0.05) is 13.8 Å². The molecule has 0 atom stereocenters. The van der Waals surface area contributed by atoms with Gasteiger partial charge in [-0.2, -0.15) is 5.26 Å². The molecule has 1 aromatic rings. The van der Waals surface area contributed by atoms with Gasteiger partial charge in [0.25, 0.3) is 0 Å². The maximum absolute atomic E-state index is 8.76. The second-order valence-electron chi connectivity index (χ2n) is 5.53. The first-order valence-electron chi connectivity index (χ1n) is 6.35. The number of nitriles is 1. The fourth-order valence-corrected chi connectivity index (χ4v) is 2.10. The van der Waals surface area contributed by atoms with Crippen molar-refractivity contribution in [2.45, 2.75) is 39.7 Å². The predicted molar refractivity (Wildman–Crippen MR) is 77.6 cm³/mol. The number of aliphatic imine (C=N–C) groups is 1. The Hall–Kier alpha value is -2.09. The van der Waals surface area contributed by atoms with Crippen molar-refractivity contribution in [1.82, 2.24) is 10.3 Å². The standard InChI is InChI=1S/C14H21N5/c1-11(2)8-14(3,4)19-13(17-10-15)18-12-6-5-7-16-9-12/h5-7,9,11H,8H2,1-4H3,(H2,17,18,19). The second kappa shape index (κ2) is 6.74. The largest absolute Gasteiger partial charge is 0.350 e. The Morgan fingerprint density at radius 1 is 1.53 bits per heavy atom. The van der Waals surface area contributed by atoms with Crippen LogP contribution in [0.1, 0.15) is 34.1 Å². The summed E-state index contributed by atoms with van der Waals surface area (Å²) in [5.74, 6) is 1.00. The van der Waals surface area contributed by atoms with Gasteiger partial charge in [-0.05, 0) is 38.3 Å². The first-order valence-corrected chi connectivity index (χ1v) is 6.35. The van der Waals surface area contributed by atoms with Crippen LogP contribution < -0.4 is 10.6 Å². The van der Waals surface area contributed by atoms with E-state index in [1.54, 1.807) is 18.6 Å². The van der Waals surface area contributed by atoms with Crippen LogP contribution >= 0.6 is 0 Å². The molecule has 0 saturated heterocycles. The van der Waals surface area contributed by atoms with Crippen molar-refractivity contribution in [2.75, 3.05) is 5.32 Å². The minimum Gasteiger partial charge on any atom is -0.350 e. The summed E-state index contributed by atoms with van der Waals surface area (Å²) < 4.78 is 0. The van der Waals surface area contributed by atoms with E-state index < -0.39 is 0 Å². The highest BCUT2D eigenvalue weighted by atomic mass is 15.2. The number of pyridine rings is 1. The lowest BCUT2D eigenvalue weighted by Crippen LogP contribution is -2.47. The Balaban J connectivity index is 2.75. The van der Waals surface area contributed by atoms with Crippen molar-refractivity contribution >= 4 is 11.6 Å². The van der Waals surface area contributed by atoms with E-state index in [0.717, 1.165) is 12.1 Å². The van der Waals surface area contributed by atoms with Gasteiger partial charge in [-0.3, -0.25) is 4.98 Å². The topological polar surface area (TPSA) is 73.1 Å². The van der Waals surface area contributed by atoms with Gasteiger partial charge in [-0.25, -0.2) is 0 Å². The van der Waals surface area contributed by atoms with E-state index in [0.29, 0.717) is 11.9 Å². The maximum atomic E-state index is 8.76. The van der Waals surface area contributed by atoms with E-state index in [9.17, 15) is 0 Å². The summed E-state index contributed by atoms with van der Waals surface area (Å²) in [6, 6.07) is 3.70. The van der Waals surface area contributed by atoms with Crippen LogP contribution in [0.5, 0.6) is 0 Å². The zero-order valence-corrected chi connectivity index (χ0v) is 11.9. The lowest BCUT2D eigenvalue weighted by atomic mass is 9.93. The second-order valence-corrected chi connectivity index (χ2v) is 5.53. The molecule has 0 amide bonds. The highest BCUT2D eigenvalue weighted by Crippen LogP contribution is 2.15. The smallest absolute Gasteiger partial charge is 0.212 e. The van der Waals surface area contributed by atoms with Crippen LogP contribution in [0, 0.1) is 17.4 Å².